The van der Waals surface area contributed by atoms with E-state index in [0.717, 1.165) is 4.68 Å². The predicted molar refractivity (Wildman–Crippen MR) is 110 cm³/mol. The van der Waals surface area contributed by atoms with Crippen LogP contribution in [0, 0.1) is 6.92 Å². The molecular formula is C21H19F2N5O4. The molecule has 166 valence electrons. The van der Waals surface area contributed by atoms with Crippen LogP contribution in [0.4, 0.5) is 8.78 Å². The molecule has 0 N–H and O–H groups in total. The summed E-state index contributed by atoms with van der Waals surface area (Å²) in [6.07, 6.45) is -0.207. The van der Waals surface area contributed by atoms with Gasteiger partial charge in [-0.15, -0.1) is 5.10 Å². The van der Waals surface area contributed by atoms with Gasteiger partial charge in [-0.05, 0) is 36.2 Å². The summed E-state index contributed by atoms with van der Waals surface area (Å²) in [4.78, 5) is 33.1. The zero-order valence-electron chi connectivity index (χ0n) is 17.2. The number of aromatic nitrogens is 5. The Balaban J connectivity index is 1.52. The van der Waals surface area contributed by atoms with Crippen molar-refractivity contribution >= 4 is 11.0 Å². The number of fused-ring (bicyclic) bond motifs is 1. The highest BCUT2D eigenvalue weighted by Crippen LogP contribution is 2.22. The molecule has 3 aromatic heterocycles. The van der Waals surface area contributed by atoms with E-state index >= 15 is 0 Å². The van der Waals surface area contributed by atoms with Crippen molar-refractivity contribution in [2.45, 2.75) is 39.5 Å². The maximum absolute atomic E-state index is 14.7. The molecule has 0 aliphatic carbocycles. The van der Waals surface area contributed by atoms with E-state index in [-0.39, 0.29) is 29.3 Å². The average molecular weight is 443 g/mol. The molecule has 11 heteroatoms. The van der Waals surface area contributed by atoms with Crippen LogP contribution in [0.1, 0.15) is 30.1 Å². The number of hydrogen-bond acceptors (Lipinski definition) is 7. The van der Waals surface area contributed by atoms with Crippen LogP contribution in [0.2, 0.25) is 0 Å². The zero-order chi connectivity index (χ0) is 22.8. The third kappa shape index (κ3) is 4.41. The lowest BCUT2D eigenvalue weighted by molar-refractivity contribution is 0.0860. The van der Waals surface area contributed by atoms with Gasteiger partial charge in [0, 0.05) is 13.1 Å². The standard InChI is InChI=1S/C21H19F2N5O4/c1-12-7-8-24-19-18(12)20(29)27(11-25-19)10-17-26-28(21(30)32-17)9-16(23)14-3-5-15(6-4-14)31-13(2)22/h3-8,11,13,16H,9-10H2,1-2H3/t13?,16-/m0/s1. The van der Waals surface area contributed by atoms with Crippen molar-refractivity contribution in [3.63, 3.8) is 0 Å². The molecule has 0 spiro atoms. The SMILES string of the molecule is Cc1ccnc2ncn(Cc3nn(C[C@H](F)c4ccc(OC(C)F)cc4)c(=O)o3)c(=O)c12. The van der Waals surface area contributed by atoms with Crippen LogP contribution in [0.25, 0.3) is 11.0 Å². The normalized spacial score (nSPS) is 13.2. The number of benzene rings is 1. The van der Waals surface area contributed by atoms with Crippen LogP contribution in [-0.4, -0.2) is 30.7 Å². The van der Waals surface area contributed by atoms with Gasteiger partial charge < -0.3 is 9.15 Å². The second-order valence-corrected chi connectivity index (χ2v) is 7.15. The first kappa shape index (κ1) is 21.3. The lowest BCUT2D eigenvalue weighted by atomic mass is 10.1. The van der Waals surface area contributed by atoms with Crippen LogP contribution in [0.15, 0.2) is 56.9 Å². The maximum atomic E-state index is 14.7. The molecule has 4 rings (SSSR count). The molecule has 0 saturated heterocycles. The predicted octanol–water partition coefficient (Wildman–Crippen LogP) is 2.70. The first-order valence-corrected chi connectivity index (χ1v) is 9.74. The van der Waals surface area contributed by atoms with Crippen molar-refractivity contribution < 1.29 is 17.9 Å². The Bertz CT molecular complexity index is 1360. The Morgan fingerprint density at radius 1 is 1.12 bits per heavy atom. The van der Waals surface area contributed by atoms with Crippen molar-refractivity contribution in [3.05, 3.63) is 80.8 Å². The fraction of sp³-hybridized carbons (Fsp3) is 0.286. The Morgan fingerprint density at radius 3 is 2.59 bits per heavy atom. The second-order valence-electron chi connectivity index (χ2n) is 7.15. The zero-order valence-corrected chi connectivity index (χ0v) is 17.2. The number of alkyl halides is 2. The summed E-state index contributed by atoms with van der Waals surface area (Å²) >= 11 is 0. The second kappa shape index (κ2) is 8.69. The van der Waals surface area contributed by atoms with Crippen molar-refractivity contribution in [2.75, 3.05) is 0 Å². The molecule has 4 aromatic rings. The third-order valence-corrected chi connectivity index (χ3v) is 4.76. The van der Waals surface area contributed by atoms with Crippen LogP contribution in [0.3, 0.4) is 0 Å². The Morgan fingerprint density at radius 2 is 1.88 bits per heavy atom. The van der Waals surface area contributed by atoms with Crippen molar-refractivity contribution in [2.24, 2.45) is 0 Å². The van der Waals surface area contributed by atoms with E-state index in [0.29, 0.717) is 16.6 Å². The highest BCUT2D eigenvalue weighted by molar-refractivity contribution is 5.76. The third-order valence-electron chi connectivity index (χ3n) is 4.76. The van der Waals surface area contributed by atoms with Gasteiger partial charge in [-0.3, -0.25) is 9.36 Å². The molecule has 0 bridgehead atoms. The van der Waals surface area contributed by atoms with Gasteiger partial charge in [0.1, 0.15) is 24.8 Å². The number of pyridine rings is 1. The number of halogens is 2. The van der Waals surface area contributed by atoms with Gasteiger partial charge in [-0.2, -0.15) is 4.68 Å². The molecule has 0 saturated carbocycles. The van der Waals surface area contributed by atoms with E-state index in [2.05, 4.69) is 15.1 Å². The van der Waals surface area contributed by atoms with E-state index in [1.165, 1.54) is 42.1 Å². The van der Waals surface area contributed by atoms with Crippen LogP contribution in [0.5, 0.6) is 5.75 Å². The van der Waals surface area contributed by atoms with Gasteiger partial charge >= 0.3 is 5.76 Å². The monoisotopic (exact) mass is 443 g/mol. The fourth-order valence-corrected chi connectivity index (χ4v) is 3.21. The minimum atomic E-state index is -1.57. The summed E-state index contributed by atoms with van der Waals surface area (Å²) < 4.78 is 39.6. The first-order valence-electron chi connectivity index (χ1n) is 9.74. The molecule has 0 amide bonds. The fourth-order valence-electron chi connectivity index (χ4n) is 3.21. The molecule has 0 fully saturated rings. The molecule has 3 heterocycles. The summed E-state index contributed by atoms with van der Waals surface area (Å²) in [5, 5.41) is 4.35. The summed E-state index contributed by atoms with van der Waals surface area (Å²) in [5.41, 5.74) is 0.937. The molecule has 9 nitrogen and oxygen atoms in total. The van der Waals surface area contributed by atoms with Gasteiger partial charge in [0.05, 0.1) is 11.9 Å². The van der Waals surface area contributed by atoms with Gasteiger partial charge in [-0.25, -0.2) is 23.5 Å². The molecule has 0 radical (unpaired) electrons. The first-order chi connectivity index (χ1) is 15.3. The highest BCUT2D eigenvalue weighted by Gasteiger charge is 2.17. The molecule has 32 heavy (non-hydrogen) atoms. The Labute approximate surface area is 179 Å². The quantitative estimate of drug-likeness (QED) is 0.432. The molecule has 0 aliphatic rings. The largest absolute Gasteiger partial charge is 0.461 e. The number of hydrogen-bond donors (Lipinski definition) is 0. The van der Waals surface area contributed by atoms with E-state index in [1.54, 1.807) is 19.2 Å². The molecule has 1 aromatic carbocycles. The number of ether oxygens (including phenoxy) is 1. The number of nitrogens with zero attached hydrogens (tertiary/aromatic N) is 5. The summed E-state index contributed by atoms with van der Waals surface area (Å²) in [6, 6.07) is 7.44. The van der Waals surface area contributed by atoms with Gasteiger partial charge in [0.15, 0.2) is 5.65 Å². The Kier molecular flexibility index (Phi) is 5.80. The molecule has 0 aliphatic heterocycles. The van der Waals surface area contributed by atoms with E-state index in [9.17, 15) is 18.4 Å². The van der Waals surface area contributed by atoms with E-state index in [4.69, 9.17) is 9.15 Å². The minimum absolute atomic E-state index is 0.0623. The van der Waals surface area contributed by atoms with E-state index in [1.807, 2.05) is 0 Å². The van der Waals surface area contributed by atoms with Crippen molar-refractivity contribution in [3.8, 4) is 5.75 Å². The Hall–Kier alpha value is -3.89. The van der Waals surface area contributed by atoms with Gasteiger partial charge in [0.2, 0.25) is 12.2 Å². The maximum Gasteiger partial charge on any atom is 0.437 e. The lowest BCUT2D eigenvalue weighted by Gasteiger charge is -2.10. The summed E-state index contributed by atoms with van der Waals surface area (Å²) in [7, 11) is 0. The topological polar surface area (TPSA) is 105 Å². The smallest absolute Gasteiger partial charge is 0.437 e. The van der Waals surface area contributed by atoms with Crippen LogP contribution in [-0.2, 0) is 13.1 Å². The number of aryl methyl sites for hydroxylation is 1. The van der Waals surface area contributed by atoms with Gasteiger partial charge in [-0.1, -0.05) is 12.1 Å². The lowest BCUT2D eigenvalue weighted by Crippen LogP contribution is -2.22. The molecule has 1 unspecified atom stereocenters. The van der Waals surface area contributed by atoms with Crippen molar-refractivity contribution in [1.82, 2.24) is 24.3 Å². The van der Waals surface area contributed by atoms with Crippen molar-refractivity contribution in [1.29, 1.82) is 0 Å². The minimum Gasteiger partial charge on any atom is -0.461 e. The van der Waals surface area contributed by atoms with Gasteiger partial charge in [0.25, 0.3) is 5.56 Å². The average Bonchev–Trinajstić information content (AvgIpc) is 3.09. The summed E-state index contributed by atoms with van der Waals surface area (Å²) in [5.74, 6) is -0.655. The number of rotatable bonds is 7. The van der Waals surface area contributed by atoms with E-state index < -0.39 is 24.8 Å². The van der Waals surface area contributed by atoms with Crippen LogP contribution < -0.4 is 16.1 Å². The molecular weight excluding hydrogens is 424 g/mol. The highest BCUT2D eigenvalue weighted by atomic mass is 19.1. The van der Waals surface area contributed by atoms with Crippen LogP contribution >= 0.6 is 0 Å². The summed E-state index contributed by atoms with van der Waals surface area (Å²) in [6.45, 7) is 2.46. The molecule has 2 atom stereocenters.